The molecule has 0 saturated heterocycles. The molecule has 2 aliphatic carbocycles. The Balaban J connectivity index is 2.00. The summed E-state index contributed by atoms with van der Waals surface area (Å²) in [7, 11) is 2.59. The molecule has 26 heavy (non-hydrogen) atoms. The number of carbonyl (C=O) groups is 2. The average Bonchev–Trinajstić information content (AvgIpc) is 3.01. The summed E-state index contributed by atoms with van der Waals surface area (Å²) in [6, 6.07) is 4.56. The maximum absolute atomic E-state index is 12.9. The predicted octanol–water partition coefficient (Wildman–Crippen LogP) is 1.97. The molecule has 8 heteroatoms. The van der Waals surface area contributed by atoms with Gasteiger partial charge in [0.15, 0.2) is 0 Å². The van der Waals surface area contributed by atoms with E-state index in [1.165, 1.54) is 26.4 Å². The molecule has 1 aromatic rings. The highest BCUT2D eigenvalue weighted by atomic mass is 16.6. The van der Waals surface area contributed by atoms with Crippen LogP contribution < -0.4 is 0 Å². The summed E-state index contributed by atoms with van der Waals surface area (Å²) < 4.78 is 10.0. The third kappa shape index (κ3) is 1.58. The van der Waals surface area contributed by atoms with Crippen LogP contribution in [0.25, 0.3) is 0 Å². The Bertz CT molecular complexity index is 909. The number of nitro groups is 1. The van der Waals surface area contributed by atoms with Crippen LogP contribution in [0.3, 0.4) is 0 Å². The van der Waals surface area contributed by atoms with Crippen LogP contribution in [0.1, 0.15) is 36.8 Å². The first-order valence-electron chi connectivity index (χ1n) is 8.26. The van der Waals surface area contributed by atoms with Crippen LogP contribution in [0.5, 0.6) is 0 Å². The van der Waals surface area contributed by atoms with Gasteiger partial charge in [0.05, 0.1) is 24.7 Å². The summed E-state index contributed by atoms with van der Waals surface area (Å²) in [6.45, 7) is 3.61. The highest BCUT2D eigenvalue weighted by Gasteiger charge is 2.88. The summed E-state index contributed by atoms with van der Waals surface area (Å²) in [5.41, 5.74) is 0.203. The zero-order valence-electron chi connectivity index (χ0n) is 14.8. The number of ether oxygens (including phenoxy) is 2. The van der Waals surface area contributed by atoms with E-state index in [0.717, 1.165) is 5.56 Å². The number of nitrogens with zero attached hydrogens (tertiary/aromatic N) is 2. The maximum atomic E-state index is 12.9. The minimum absolute atomic E-state index is 0.0736. The molecule has 0 aromatic heterocycles. The van der Waals surface area contributed by atoms with E-state index in [1.807, 2.05) is 6.92 Å². The van der Waals surface area contributed by atoms with E-state index in [1.54, 1.807) is 13.0 Å². The number of hydrogen-bond acceptors (Lipinski definition) is 7. The molecule has 3 aliphatic rings. The topological polar surface area (TPSA) is 108 Å². The van der Waals surface area contributed by atoms with Gasteiger partial charge < -0.3 is 9.47 Å². The van der Waals surface area contributed by atoms with Crippen LogP contribution in [0, 0.1) is 21.4 Å². The molecule has 136 valence electrons. The van der Waals surface area contributed by atoms with Crippen molar-refractivity contribution >= 4 is 23.3 Å². The van der Waals surface area contributed by atoms with Crippen molar-refractivity contribution in [1.82, 2.24) is 0 Å². The molecule has 8 nitrogen and oxygen atoms in total. The lowest BCUT2D eigenvalue weighted by Gasteiger charge is -2.36. The fourth-order valence-corrected chi connectivity index (χ4v) is 5.46. The van der Waals surface area contributed by atoms with Gasteiger partial charge >= 0.3 is 11.9 Å². The molecular formula is C18H18N2O6. The van der Waals surface area contributed by atoms with Gasteiger partial charge in [-0.15, -0.1) is 0 Å². The van der Waals surface area contributed by atoms with Crippen molar-refractivity contribution in [2.24, 2.45) is 16.3 Å². The van der Waals surface area contributed by atoms with E-state index in [2.05, 4.69) is 0 Å². The number of carbonyl (C=O) groups excluding carboxylic acids is 2. The minimum Gasteiger partial charge on any atom is -0.468 e. The Morgan fingerprint density at radius 2 is 1.92 bits per heavy atom. The summed E-state index contributed by atoms with van der Waals surface area (Å²) in [5.74, 6) is -2.59. The normalized spacial score (nSPS) is 35.7. The fourth-order valence-electron chi connectivity index (χ4n) is 5.46. The highest BCUT2D eigenvalue weighted by molar-refractivity contribution is 6.07. The molecule has 4 rings (SSSR count). The first-order valence-corrected chi connectivity index (χ1v) is 8.26. The molecule has 1 fully saturated rings. The molecule has 0 N–H and O–H groups in total. The Morgan fingerprint density at radius 1 is 1.23 bits per heavy atom. The number of nitro benzene ring substituents is 1. The number of rotatable bonds is 3. The summed E-state index contributed by atoms with van der Waals surface area (Å²) in [6.07, 6.45) is 0. The van der Waals surface area contributed by atoms with E-state index in [9.17, 15) is 19.7 Å². The smallest absolute Gasteiger partial charge is 0.315 e. The Labute approximate surface area is 149 Å². The second kappa shape index (κ2) is 4.90. The quantitative estimate of drug-likeness (QED) is 0.464. The third-order valence-electron chi connectivity index (χ3n) is 6.36. The van der Waals surface area contributed by atoms with Gasteiger partial charge in [0.2, 0.25) is 0 Å². The van der Waals surface area contributed by atoms with Crippen LogP contribution in [-0.2, 0) is 19.1 Å². The van der Waals surface area contributed by atoms with Crippen molar-refractivity contribution in [2.45, 2.75) is 31.2 Å². The van der Waals surface area contributed by atoms with Gasteiger partial charge in [-0.2, -0.15) is 0 Å². The van der Waals surface area contributed by atoms with Crippen LogP contribution in [0.4, 0.5) is 5.69 Å². The lowest BCUT2D eigenvalue weighted by atomic mass is 9.70. The van der Waals surface area contributed by atoms with E-state index in [0.29, 0.717) is 11.3 Å². The fraction of sp³-hybridized carbons (Fsp3) is 0.500. The molecule has 1 aromatic carbocycles. The monoisotopic (exact) mass is 358 g/mol. The first kappa shape index (κ1) is 16.7. The predicted molar refractivity (Wildman–Crippen MR) is 90.0 cm³/mol. The summed E-state index contributed by atoms with van der Waals surface area (Å²) >= 11 is 0. The van der Waals surface area contributed by atoms with Gasteiger partial charge in [-0.1, -0.05) is 6.07 Å². The van der Waals surface area contributed by atoms with Gasteiger partial charge in [-0.3, -0.25) is 24.7 Å². The number of hydrogen-bond donors (Lipinski definition) is 0. The van der Waals surface area contributed by atoms with Crippen LogP contribution in [0.2, 0.25) is 0 Å². The lowest BCUT2D eigenvalue weighted by Crippen LogP contribution is -2.45. The van der Waals surface area contributed by atoms with Gasteiger partial charge in [0.1, 0.15) is 11.3 Å². The van der Waals surface area contributed by atoms with Crippen molar-refractivity contribution in [3.05, 3.63) is 39.4 Å². The van der Waals surface area contributed by atoms with Gasteiger partial charge in [-0.25, -0.2) is 0 Å². The van der Waals surface area contributed by atoms with Crippen molar-refractivity contribution < 1.29 is 24.0 Å². The van der Waals surface area contributed by atoms with Crippen molar-refractivity contribution in [3.8, 4) is 0 Å². The van der Waals surface area contributed by atoms with Crippen molar-refractivity contribution in [1.29, 1.82) is 0 Å². The molecule has 1 saturated carbocycles. The van der Waals surface area contributed by atoms with Gasteiger partial charge in [0.25, 0.3) is 5.69 Å². The number of fused-ring (bicyclic) bond motifs is 4. The molecule has 5 atom stereocenters. The molecule has 0 spiro atoms. The molecule has 4 unspecified atom stereocenters. The summed E-state index contributed by atoms with van der Waals surface area (Å²) in [4.78, 5) is 40.8. The zero-order valence-corrected chi connectivity index (χ0v) is 14.8. The number of methoxy groups -OCH3 is 2. The third-order valence-corrected chi connectivity index (χ3v) is 6.36. The highest BCUT2D eigenvalue weighted by Crippen LogP contribution is 2.83. The summed E-state index contributed by atoms with van der Waals surface area (Å²) in [5, 5.41) is 11.2. The van der Waals surface area contributed by atoms with Gasteiger partial charge in [0, 0.05) is 29.7 Å². The molecule has 1 aliphatic heterocycles. The first-order chi connectivity index (χ1) is 12.3. The minimum atomic E-state index is -1.03. The van der Waals surface area contributed by atoms with Crippen molar-refractivity contribution in [2.75, 3.05) is 14.2 Å². The number of aliphatic imine (C=N–C) groups is 1. The Morgan fingerprint density at radius 3 is 2.50 bits per heavy atom. The lowest BCUT2D eigenvalue weighted by molar-refractivity contribution is -0.385. The van der Waals surface area contributed by atoms with Crippen LogP contribution in [0.15, 0.2) is 23.2 Å². The zero-order chi connectivity index (χ0) is 19.0. The van der Waals surface area contributed by atoms with E-state index >= 15 is 0 Å². The number of esters is 2. The van der Waals surface area contributed by atoms with E-state index in [4.69, 9.17) is 14.5 Å². The Hall–Kier alpha value is -2.77. The van der Waals surface area contributed by atoms with E-state index in [-0.39, 0.29) is 11.6 Å². The largest absolute Gasteiger partial charge is 0.468 e. The number of benzene rings is 1. The molecule has 1 heterocycles. The van der Waals surface area contributed by atoms with Crippen LogP contribution in [-0.4, -0.2) is 42.3 Å². The SMILES string of the molecule is COC(=O)C1C(C)=NC2(C)C3c4ccc([N+](=O)[O-])cc4C1[C@@]32C(=O)OC. The maximum Gasteiger partial charge on any atom is 0.315 e. The molecule has 0 amide bonds. The van der Waals surface area contributed by atoms with Crippen molar-refractivity contribution in [3.63, 3.8) is 0 Å². The number of non-ortho nitro benzene ring substituents is 1. The average molecular weight is 358 g/mol. The second-order valence-corrected chi connectivity index (χ2v) is 7.24. The molecule has 0 radical (unpaired) electrons. The molecular weight excluding hydrogens is 340 g/mol. The standard InChI is InChI=1S/C18H18N2O6/c1-8-12(15(21)25-3)13-11-7-9(20(23)24)5-6-10(11)14-17(2,19-8)18(13,14)16(22)26-4/h5-7,12-14H,1-4H3/t12?,13?,14?,17?,18-/m0/s1. The Kier molecular flexibility index (Phi) is 3.14. The second-order valence-electron chi connectivity index (χ2n) is 7.24. The van der Waals surface area contributed by atoms with Gasteiger partial charge in [-0.05, 0) is 25.0 Å². The van der Waals surface area contributed by atoms with Crippen LogP contribution >= 0.6 is 0 Å². The van der Waals surface area contributed by atoms with E-state index < -0.39 is 39.7 Å². The molecule has 0 bridgehead atoms.